The Morgan fingerprint density at radius 3 is 2.69 bits per heavy atom. The lowest BCUT2D eigenvalue weighted by molar-refractivity contribution is -0.129. The average Bonchev–Trinajstić information content (AvgIpc) is 3.30. The molecule has 0 radical (unpaired) electrons. The molecule has 0 saturated carbocycles. The zero-order valence-electron chi connectivity index (χ0n) is 16.6. The first-order chi connectivity index (χ1) is 13.9. The molecule has 0 bridgehead atoms. The smallest absolute Gasteiger partial charge is 0.239 e. The van der Waals surface area contributed by atoms with Gasteiger partial charge in [0, 0.05) is 30.4 Å². The molecule has 1 aliphatic rings. The molecular formula is C22H22N4O3. The van der Waals surface area contributed by atoms with Gasteiger partial charge in [-0.3, -0.25) is 9.59 Å². The molecule has 2 heterocycles. The first-order valence-corrected chi connectivity index (χ1v) is 9.52. The van der Waals surface area contributed by atoms with Crippen LogP contribution in [0.3, 0.4) is 0 Å². The van der Waals surface area contributed by atoms with Crippen molar-refractivity contribution in [1.29, 1.82) is 0 Å². The van der Waals surface area contributed by atoms with Gasteiger partial charge in [0.15, 0.2) is 0 Å². The van der Waals surface area contributed by atoms with Gasteiger partial charge >= 0.3 is 0 Å². The number of anilines is 2. The van der Waals surface area contributed by atoms with Crippen molar-refractivity contribution in [3.63, 3.8) is 0 Å². The molecule has 2 aromatic carbocycles. The van der Waals surface area contributed by atoms with E-state index in [1.807, 2.05) is 38.1 Å². The summed E-state index contributed by atoms with van der Waals surface area (Å²) in [5, 5.41) is 6.74. The molecule has 148 valence electrons. The van der Waals surface area contributed by atoms with E-state index >= 15 is 0 Å². The first kappa shape index (κ1) is 18.9. The predicted molar refractivity (Wildman–Crippen MR) is 109 cm³/mol. The summed E-state index contributed by atoms with van der Waals surface area (Å²) in [6, 6.07) is 13.1. The number of nitrogens with one attached hydrogen (secondary N) is 1. The van der Waals surface area contributed by atoms with Crippen molar-refractivity contribution in [1.82, 2.24) is 10.1 Å². The van der Waals surface area contributed by atoms with Gasteiger partial charge in [-0.1, -0.05) is 23.4 Å². The number of aryl methyl sites for hydroxylation is 3. The van der Waals surface area contributed by atoms with Crippen LogP contribution in [0.1, 0.15) is 23.4 Å². The van der Waals surface area contributed by atoms with Gasteiger partial charge < -0.3 is 14.7 Å². The molecular weight excluding hydrogens is 368 g/mol. The van der Waals surface area contributed by atoms with Crippen LogP contribution in [0.2, 0.25) is 0 Å². The van der Waals surface area contributed by atoms with Gasteiger partial charge in [-0.05, 0) is 55.7 Å². The van der Waals surface area contributed by atoms with E-state index in [4.69, 9.17) is 4.52 Å². The van der Waals surface area contributed by atoms with E-state index in [1.54, 1.807) is 30.0 Å². The number of carbonyl (C=O) groups excluding carboxylic acids is 2. The number of carbonyl (C=O) groups is 2. The maximum absolute atomic E-state index is 12.9. The minimum absolute atomic E-state index is 0.171. The van der Waals surface area contributed by atoms with E-state index in [0.29, 0.717) is 30.4 Å². The Morgan fingerprint density at radius 1 is 1.14 bits per heavy atom. The van der Waals surface area contributed by atoms with Crippen LogP contribution >= 0.6 is 0 Å². The lowest BCUT2D eigenvalue weighted by Crippen LogP contribution is -2.33. The molecule has 3 aromatic rings. The third-order valence-corrected chi connectivity index (χ3v) is 5.24. The van der Waals surface area contributed by atoms with E-state index < -0.39 is 5.92 Å². The molecule has 7 nitrogen and oxygen atoms in total. The molecule has 1 fully saturated rings. The van der Waals surface area contributed by atoms with Crippen LogP contribution in [0.15, 0.2) is 47.0 Å². The van der Waals surface area contributed by atoms with E-state index in [0.717, 1.165) is 16.8 Å². The van der Waals surface area contributed by atoms with Crippen LogP contribution < -0.4 is 10.2 Å². The highest BCUT2D eigenvalue weighted by molar-refractivity contribution is 6.13. The second kappa shape index (κ2) is 7.50. The normalized spacial score (nSPS) is 16.3. The standard InChI is InChI=1S/C22H22N4O3/c1-13-7-8-18(11-14(13)2)26-10-9-19(22(26)28)21(27)24-17-6-4-5-16(12-17)20-23-15(3)29-25-20/h4-8,11-12,19H,9-10H2,1-3H3,(H,24,27). The Labute approximate surface area is 168 Å². The topological polar surface area (TPSA) is 88.3 Å². The molecule has 0 spiro atoms. The van der Waals surface area contributed by atoms with Crippen molar-refractivity contribution in [2.75, 3.05) is 16.8 Å². The molecule has 29 heavy (non-hydrogen) atoms. The molecule has 0 aliphatic carbocycles. The molecule has 1 aromatic heterocycles. The number of hydrogen-bond acceptors (Lipinski definition) is 5. The average molecular weight is 390 g/mol. The minimum atomic E-state index is -0.701. The summed E-state index contributed by atoms with van der Waals surface area (Å²) < 4.78 is 5.01. The van der Waals surface area contributed by atoms with Crippen molar-refractivity contribution < 1.29 is 14.1 Å². The van der Waals surface area contributed by atoms with Crippen LogP contribution in [0.25, 0.3) is 11.4 Å². The van der Waals surface area contributed by atoms with Crippen LogP contribution in [0, 0.1) is 26.7 Å². The van der Waals surface area contributed by atoms with Crippen LogP contribution in [-0.4, -0.2) is 28.5 Å². The van der Waals surface area contributed by atoms with Crippen molar-refractivity contribution in [3.8, 4) is 11.4 Å². The molecule has 4 rings (SSSR count). The zero-order chi connectivity index (χ0) is 20.5. The second-order valence-corrected chi connectivity index (χ2v) is 7.31. The molecule has 7 heteroatoms. The summed E-state index contributed by atoms with van der Waals surface area (Å²) in [4.78, 5) is 31.5. The maximum atomic E-state index is 12.9. The van der Waals surface area contributed by atoms with Crippen molar-refractivity contribution >= 4 is 23.2 Å². The monoisotopic (exact) mass is 390 g/mol. The van der Waals surface area contributed by atoms with Crippen LogP contribution in [0.5, 0.6) is 0 Å². The van der Waals surface area contributed by atoms with Gasteiger partial charge in [0.2, 0.25) is 23.5 Å². The maximum Gasteiger partial charge on any atom is 0.239 e. The fraction of sp³-hybridized carbons (Fsp3) is 0.273. The predicted octanol–water partition coefficient (Wildman–Crippen LogP) is 3.65. The Bertz CT molecular complexity index is 1090. The van der Waals surface area contributed by atoms with Crippen LogP contribution in [0.4, 0.5) is 11.4 Å². The Kier molecular flexibility index (Phi) is 4.88. The number of rotatable bonds is 4. The highest BCUT2D eigenvalue weighted by Gasteiger charge is 2.37. The summed E-state index contributed by atoms with van der Waals surface area (Å²) in [7, 11) is 0. The fourth-order valence-corrected chi connectivity index (χ4v) is 3.45. The number of benzene rings is 2. The van der Waals surface area contributed by atoms with E-state index in [-0.39, 0.29) is 11.8 Å². The summed E-state index contributed by atoms with van der Waals surface area (Å²) >= 11 is 0. The number of aromatic nitrogens is 2. The van der Waals surface area contributed by atoms with E-state index in [1.165, 1.54) is 5.56 Å². The Hall–Kier alpha value is -3.48. The SMILES string of the molecule is Cc1nc(-c2cccc(NC(=O)C3CCN(c4ccc(C)c(C)c4)C3=O)c2)no1. The van der Waals surface area contributed by atoms with Crippen molar-refractivity contribution in [2.45, 2.75) is 27.2 Å². The van der Waals surface area contributed by atoms with Gasteiger partial charge in [0.05, 0.1) is 0 Å². The fourth-order valence-electron chi connectivity index (χ4n) is 3.45. The number of nitrogens with zero attached hydrogens (tertiary/aromatic N) is 3. The van der Waals surface area contributed by atoms with Gasteiger partial charge in [0.1, 0.15) is 5.92 Å². The Morgan fingerprint density at radius 2 is 1.97 bits per heavy atom. The number of amides is 2. The largest absolute Gasteiger partial charge is 0.339 e. The molecule has 2 amide bonds. The summed E-state index contributed by atoms with van der Waals surface area (Å²) in [5.41, 5.74) is 4.45. The quantitative estimate of drug-likeness (QED) is 0.687. The highest BCUT2D eigenvalue weighted by atomic mass is 16.5. The molecule has 1 unspecified atom stereocenters. The summed E-state index contributed by atoms with van der Waals surface area (Å²) in [6.07, 6.45) is 0.487. The lowest BCUT2D eigenvalue weighted by Gasteiger charge is -2.18. The van der Waals surface area contributed by atoms with E-state index in [9.17, 15) is 9.59 Å². The van der Waals surface area contributed by atoms with Gasteiger partial charge in [0.25, 0.3) is 0 Å². The molecule has 1 atom stereocenters. The highest BCUT2D eigenvalue weighted by Crippen LogP contribution is 2.28. The van der Waals surface area contributed by atoms with Gasteiger partial charge in [-0.15, -0.1) is 0 Å². The Balaban J connectivity index is 1.48. The second-order valence-electron chi connectivity index (χ2n) is 7.31. The molecule has 1 N–H and O–H groups in total. The number of hydrogen-bond donors (Lipinski definition) is 1. The van der Waals surface area contributed by atoms with Crippen molar-refractivity contribution in [2.24, 2.45) is 5.92 Å². The molecule has 1 aliphatic heterocycles. The summed E-state index contributed by atoms with van der Waals surface area (Å²) in [6.45, 7) is 6.30. The van der Waals surface area contributed by atoms with Crippen molar-refractivity contribution in [3.05, 3.63) is 59.5 Å². The van der Waals surface area contributed by atoms with E-state index in [2.05, 4.69) is 15.5 Å². The lowest BCUT2D eigenvalue weighted by atomic mass is 10.1. The first-order valence-electron chi connectivity index (χ1n) is 9.52. The third kappa shape index (κ3) is 3.76. The molecule has 1 saturated heterocycles. The van der Waals surface area contributed by atoms with Gasteiger partial charge in [-0.2, -0.15) is 4.98 Å². The zero-order valence-corrected chi connectivity index (χ0v) is 16.6. The summed E-state index contributed by atoms with van der Waals surface area (Å²) in [5.74, 6) is -0.250. The van der Waals surface area contributed by atoms with Gasteiger partial charge in [-0.25, -0.2) is 0 Å². The third-order valence-electron chi connectivity index (χ3n) is 5.24. The van der Waals surface area contributed by atoms with Crippen LogP contribution in [-0.2, 0) is 9.59 Å². The minimum Gasteiger partial charge on any atom is -0.339 e.